The lowest BCUT2D eigenvalue weighted by Crippen LogP contribution is -2.52. The SMILES string of the molecule is O=C(C1CN(C(=O)/C=C/c2ccc3ccccc3n2)c2ccccc2O1)N1CCCCC1. The number of fused-ring (bicyclic) bond motifs is 2. The molecule has 6 heteroatoms. The number of nitrogens with zero attached hydrogens (tertiary/aromatic N) is 3. The Kier molecular flexibility index (Phi) is 5.58. The molecule has 1 saturated heterocycles. The maximum Gasteiger partial charge on any atom is 0.265 e. The van der Waals surface area contributed by atoms with Gasteiger partial charge in [-0.3, -0.25) is 9.59 Å². The number of hydrogen-bond acceptors (Lipinski definition) is 4. The van der Waals surface area contributed by atoms with Crippen molar-refractivity contribution >= 4 is 34.5 Å². The molecule has 162 valence electrons. The summed E-state index contributed by atoms with van der Waals surface area (Å²) >= 11 is 0. The molecule has 1 aromatic heterocycles. The Labute approximate surface area is 187 Å². The third kappa shape index (κ3) is 4.08. The molecule has 2 aliphatic rings. The molecule has 32 heavy (non-hydrogen) atoms. The van der Waals surface area contributed by atoms with E-state index in [2.05, 4.69) is 4.98 Å². The van der Waals surface area contributed by atoms with Gasteiger partial charge in [-0.25, -0.2) is 4.98 Å². The maximum absolute atomic E-state index is 13.2. The molecule has 3 heterocycles. The zero-order chi connectivity index (χ0) is 21.9. The van der Waals surface area contributed by atoms with Crippen LogP contribution in [0.1, 0.15) is 25.0 Å². The molecule has 3 aromatic rings. The number of ether oxygens (including phenoxy) is 1. The van der Waals surface area contributed by atoms with E-state index in [4.69, 9.17) is 4.74 Å². The van der Waals surface area contributed by atoms with E-state index in [-0.39, 0.29) is 18.4 Å². The van der Waals surface area contributed by atoms with Gasteiger partial charge < -0.3 is 14.5 Å². The van der Waals surface area contributed by atoms with Crippen LogP contribution in [0.2, 0.25) is 0 Å². The van der Waals surface area contributed by atoms with Crippen LogP contribution in [-0.2, 0) is 9.59 Å². The molecule has 0 aliphatic carbocycles. The molecule has 0 N–H and O–H groups in total. The van der Waals surface area contributed by atoms with Gasteiger partial charge in [0.15, 0.2) is 6.10 Å². The van der Waals surface area contributed by atoms with Gasteiger partial charge in [0, 0.05) is 24.6 Å². The summed E-state index contributed by atoms with van der Waals surface area (Å²) in [6.45, 7) is 1.70. The lowest BCUT2D eigenvalue weighted by molar-refractivity contribution is -0.139. The van der Waals surface area contributed by atoms with E-state index in [9.17, 15) is 9.59 Å². The maximum atomic E-state index is 13.2. The largest absolute Gasteiger partial charge is 0.476 e. The molecule has 6 nitrogen and oxygen atoms in total. The number of carbonyl (C=O) groups is 2. The van der Waals surface area contributed by atoms with Crippen LogP contribution in [0.15, 0.2) is 66.7 Å². The van der Waals surface area contributed by atoms with E-state index in [0.717, 1.165) is 43.3 Å². The van der Waals surface area contributed by atoms with Gasteiger partial charge in [0.05, 0.1) is 23.4 Å². The van der Waals surface area contributed by atoms with Crippen LogP contribution in [0.25, 0.3) is 17.0 Å². The smallest absolute Gasteiger partial charge is 0.265 e. The van der Waals surface area contributed by atoms with E-state index in [1.807, 2.05) is 59.5 Å². The van der Waals surface area contributed by atoms with E-state index in [1.54, 1.807) is 17.0 Å². The molecule has 1 fully saturated rings. The standard InChI is InChI=1S/C26H25N3O3/c30-25(15-14-20-13-12-19-8-2-3-9-21(19)27-20)29-18-24(26(31)28-16-6-1-7-17-28)32-23-11-5-4-10-22(23)29/h2-5,8-15,24H,1,6-7,16-18H2/b15-14+. The van der Waals surface area contributed by atoms with E-state index in [0.29, 0.717) is 17.1 Å². The number of hydrogen-bond donors (Lipinski definition) is 0. The number of para-hydroxylation sites is 3. The number of benzene rings is 2. The fourth-order valence-electron chi connectivity index (χ4n) is 4.31. The summed E-state index contributed by atoms with van der Waals surface area (Å²) in [5.74, 6) is 0.309. The zero-order valence-corrected chi connectivity index (χ0v) is 17.8. The van der Waals surface area contributed by atoms with Crippen molar-refractivity contribution in [2.24, 2.45) is 0 Å². The highest BCUT2D eigenvalue weighted by Crippen LogP contribution is 2.34. The first-order valence-corrected chi connectivity index (χ1v) is 11.1. The minimum absolute atomic E-state index is 0.0443. The monoisotopic (exact) mass is 427 g/mol. The van der Waals surface area contributed by atoms with Crippen LogP contribution in [0.3, 0.4) is 0 Å². The highest BCUT2D eigenvalue weighted by molar-refractivity contribution is 6.05. The molecule has 5 rings (SSSR count). The Morgan fingerprint density at radius 3 is 2.59 bits per heavy atom. The highest BCUT2D eigenvalue weighted by atomic mass is 16.5. The molecule has 1 unspecified atom stereocenters. The van der Waals surface area contributed by atoms with Crippen molar-refractivity contribution in [2.45, 2.75) is 25.4 Å². The number of carbonyl (C=O) groups excluding carboxylic acids is 2. The summed E-state index contributed by atoms with van der Waals surface area (Å²) in [6.07, 6.45) is 5.71. The van der Waals surface area contributed by atoms with Crippen LogP contribution >= 0.6 is 0 Å². The minimum atomic E-state index is -0.695. The van der Waals surface area contributed by atoms with Gasteiger partial charge >= 0.3 is 0 Å². The third-order valence-electron chi connectivity index (χ3n) is 6.00. The fourth-order valence-corrected chi connectivity index (χ4v) is 4.31. The number of amides is 2. The first-order valence-electron chi connectivity index (χ1n) is 11.1. The van der Waals surface area contributed by atoms with Crippen molar-refractivity contribution in [1.29, 1.82) is 0 Å². The second-order valence-corrected chi connectivity index (χ2v) is 8.17. The number of piperidine rings is 1. The van der Waals surface area contributed by atoms with Crippen LogP contribution in [-0.4, -0.2) is 47.4 Å². The van der Waals surface area contributed by atoms with Gasteiger partial charge in [0.1, 0.15) is 5.75 Å². The molecule has 0 saturated carbocycles. The minimum Gasteiger partial charge on any atom is -0.476 e. The van der Waals surface area contributed by atoms with Crippen molar-refractivity contribution in [3.05, 3.63) is 72.4 Å². The number of likely N-dealkylation sites (tertiary alicyclic amines) is 1. The van der Waals surface area contributed by atoms with E-state index in [1.165, 1.54) is 6.08 Å². The molecule has 2 aliphatic heterocycles. The summed E-state index contributed by atoms with van der Waals surface area (Å²) in [4.78, 5) is 34.3. The van der Waals surface area contributed by atoms with Gasteiger partial charge in [-0.1, -0.05) is 36.4 Å². The lowest BCUT2D eigenvalue weighted by atomic mass is 10.1. The van der Waals surface area contributed by atoms with E-state index < -0.39 is 6.10 Å². The van der Waals surface area contributed by atoms with Gasteiger partial charge in [0.25, 0.3) is 11.8 Å². The second-order valence-electron chi connectivity index (χ2n) is 8.17. The molecular weight excluding hydrogens is 402 g/mol. The molecule has 0 radical (unpaired) electrons. The van der Waals surface area contributed by atoms with Crippen LogP contribution in [0, 0.1) is 0 Å². The number of anilines is 1. The zero-order valence-electron chi connectivity index (χ0n) is 17.8. The molecule has 0 bridgehead atoms. The van der Waals surface area contributed by atoms with Gasteiger partial charge in [-0.05, 0) is 49.6 Å². The molecule has 1 atom stereocenters. The third-order valence-corrected chi connectivity index (χ3v) is 6.00. The Bertz CT molecular complexity index is 1180. The number of pyridine rings is 1. The number of rotatable bonds is 3. The first kappa shape index (κ1) is 20.2. The average Bonchev–Trinajstić information content (AvgIpc) is 2.86. The van der Waals surface area contributed by atoms with Gasteiger partial charge in [-0.15, -0.1) is 0 Å². The predicted molar refractivity (Wildman–Crippen MR) is 124 cm³/mol. The second kappa shape index (κ2) is 8.83. The summed E-state index contributed by atoms with van der Waals surface area (Å²) in [5, 5.41) is 1.05. The molecule has 2 aromatic carbocycles. The normalized spacial score (nSPS) is 18.4. The predicted octanol–water partition coefficient (Wildman–Crippen LogP) is 4.05. The van der Waals surface area contributed by atoms with Crippen molar-refractivity contribution in [3.8, 4) is 5.75 Å². The fraction of sp³-hybridized carbons (Fsp3) is 0.269. The quantitative estimate of drug-likeness (QED) is 0.592. The molecule has 0 spiro atoms. The Balaban J connectivity index is 1.38. The summed E-state index contributed by atoms with van der Waals surface area (Å²) in [7, 11) is 0. The highest BCUT2D eigenvalue weighted by Gasteiger charge is 2.35. The van der Waals surface area contributed by atoms with Crippen LogP contribution in [0.5, 0.6) is 5.75 Å². The first-order chi connectivity index (χ1) is 15.7. The molecular formula is C26H25N3O3. The summed E-state index contributed by atoms with van der Waals surface area (Å²) < 4.78 is 6.02. The van der Waals surface area contributed by atoms with Crippen molar-refractivity contribution < 1.29 is 14.3 Å². The summed E-state index contributed by atoms with van der Waals surface area (Å²) in [6, 6.07) is 19.1. The van der Waals surface area contributed by atoms with Gasteiger partial charge in [0.2, 0.25) is 0 Å². The Morgan fingerprint density at radius 2 is 1.72 bits per heavy atom. The Morgan fingerprint density at radius 1 is 0.938 bits per heavy atom. The molecule has 2 amide bonds. The topological polar surface area (TPSA) is 62.7 Å². The van der Waals surface area contributed by atoms with Crippen LogP contribution in [0.4, 0.5) is 5.69 Å². The van der Waals surface area contributed by atoms with Crippen molar-refractivity contribution in [3.63, 3.8) is 0 Å². The summed E-state index contributed by atoms with van der Waals surface area (Å²) in [5.41, 5.74) is 2.27. The van der Waals surface area contributed by atoms with Gasteiger partial charge in [-0.2, -0.15) is 0 Å². The van der Waals surface area contributed by atoms with E-state index >= 15 is 0 Å². The number of aromatic nitrogens is 1. The van der Waals surface area contributed by atoms with Crippen LogP contribution < -0.4 is 9.64 Å². The van der Waals surface area contributed by atoms with Crippen molar-refractivity contribution in [2.75, 3.05) is 24.5 Å². The Hall–Kier alpha value is -3.67. The average molecular weight is 428 g/mol. The lowest BCUT2D eigenvalue weighted by Gasteiger charge is -2.37. The van der Waals surface area contributed by atoms with Crippen molar-refractivity contribution in [1.82, 2.24) is 9.88 Å².